The van der Waals surface area contributed by atoms with Crippen LogP contribution in [0.5, 0.6) is 5.88 Å². The molecule has 0 aromatic carbocycles. The molecule has 3 N–H and O–H groups in total. The van der Waals surface area contributed by atoms with Gasteiger partial charge >= 0.3 is 0 Å². The summed E-state index contributed by atoms with van der Waals surface area (Å²) in [6.07, 6.45) is 5.10. The molecule has 0 unspecified atom stereocenters. The highest BCUT2D eigenvalue weighted by molar-refractivity contribution is 5.91. The first kappa shape index (κ1) is 10.9. The predicted molar refractivity (Wildman–Crippen MR) is 56.6 cm³/mol. The van der Waals surface area contributed by atoms with Gasteiger partial charge in [0.05, 0.1) is 19.3 Å². The summed E-state index contributed by atoms with van der Waals surface area (Å²) in [7, 11) is 1.45. The van der Waals surface area contributed by atoms with Gasteiger partial charge in [-0.1, -0.05) is 5.92 Å². The molecule has 0 radical (unpaired) electrons. The van der Waals surface area contributed by atoms with E-state index in [9.17, 15) is 4.79 Å². The fourth-order valence-corrected chi connectivity index (χ4v) is 1.01. The number of aromatic nitrogens is 1. The number of hydrogen-bond acceptors (Lipinski definition) is 4. The molecule has 0 spiro atoms. The average Bonchev–Trinajstić information content (AvgIpc) is 2.25. The van der Waals surface area contributed by atoms with Crippen LogP contribution >= 0.6 is 0 Å². The number of amides is 1. The molecule has 15 heavy (non-hydrogen) atoms. The summed E-state index contributed by atoms with van der Waals surface area (Å²) in [5.41, 5.74) is 5.85. The van der Waals surface area contributed by atoms with E-state index in [-0.39, 0.29) is 5.69 Å². The first-order valence-electron chi connectivity index (χ1n) is 4.21. The van der Waals surface area contributed by atoms with Crippen molar-refractivity contribution in [2.24, 2.45) is 5.73 Å². The zero-order valence-electron chi connectivity index (χ0n) is 8.28. The average molecular weight is 205 g/mol. The van der Waals surface area contributed by atoms with Crippen LogP contribution in [0.3, 0.4) is 0 Å². The smallest absolute Gasteiger partial charge is 0.267 e. The first-order chi connectivity index (χ1) is 7.19. The number of nitrogens with one attached hydrogen (secondary N) is 1. The Morgan fingerprint density at radius 3 is 3.00 bits per heavy atom. The summed E-state index contributed by atoms with van der Waals surface area (Å²) in [5, 5.41) is 2.90. The number of methoxy groups -OCH3 is 1. The molecule has 1 aromatic heterocycles. The summed E-state index contributed by atoms with van der Waals surface area (Å²) in [6.45, 7) is 0.355. The Labute approximate surface area is 87.6 Å². The molecule has 5 nitrogen and oxygen atoms in total. The van der Waals surface area contributed by atoms with Gasteiger partial charge in [-0.15, -0.1) is 6.42 Å². The van der Waals surface area contributed by atoms with Crippen molar-refractivity contribution in [1.29, 1.82) is 0 Å². The maximum Gasteiger partial charge on any atom is 0.267 e. The lowest BCUT2D eigenvalue weighted by atomic mass is 10.3. The summed E-state index contributed by atoms with van der Waals surface area (Å²) in [4.78, 5) is 14.8. The van der Waals surface area contributed by atoms with Crippen molar-refractivity contribution in [2.45, 2.75) is 0 Å². The molecule has 0 aliphatic carbocycles. The fraction of sp³-hybridized carbons (Fsp3) is 0.200. The van der Waals surface area contributed by atoms with Gasteiger partial charge in [0.15, 0.2) is 0 Å². The first-order valence-corrected chi connectivity index (χ1v) is 4.21. The van der Waals surface area contributed by atoms with E-state index in [1.165, 1.54) is 13.2 Å². The van der Waals surface area contributed by atoms with Crippen molar-refractivity contribution in [2.75, 3.05) is 19.0 Å². The van der Waals surface area contributed by atoms with Crippen molar-refractivity contribution in [3.05, 3.63) is 17.8 Å². The van der Waals surface area contributed by atoms with Crippen LogP contribution in [0, 0.1) is 12.3 Å². The zero-order chi connectivity index (χ0) is 11.3. The van der Waals surface area contributed by atoms with Gasteiger partial charge in [0.2, 0.25) is 5.88 Å². The SMILES string of the molecule is C#CCNc1ccc(C(N)=O)nc1OC. The molecule has 0 fully saturated rings. The van der Waals surface area contributed by atoms with Gasteiger partial charge in [-0.2, -0.15) is 0 Å². The molecule has 5 heteroatoms. The second-order valence-corrected chi connectivity index (χ2v) is 2.68. The zero-order valence-corrected chi connectivity index (χ0v) is 8.28. The number of hydrogen-bond donors (Lipinski definition) is 2. The number of anilines is 1. The molecule has 0 saturated carbocycles. The third kappa shape index (κ3) is 2.61. The Morgan fingerprint density at radius 2 is 2.47 bits per heavy atom. The van der Waals surface area contributed by atoms with Crippen LogP contribution in [-0.2, 0) is 0 Å². The van der Waals surface area contributed by atoms with Gasteiger partial charge in [-0.3, -0.25) is 4.79 Å². The quantitative estimate of drug-likeness (QED) is 0.690. The van der Waals surface area contributed by atoms with Crippen LogP contribution in [-0.4, -0.2) is 24.5 Å². The molecule has 0 saturated heterocycles. The van der Waals surface area contributed by atoms with Crippen LogP contribution in [0.4, 0.5) is 5.69 Å². The number of nitrogens with zero attached hydrogens (tertiary/aromatic N) is 1. The summed E-state index contributed by atoms with van der Waals surface area (Å²) in [5.74, 6) is 2.11. The lowest BCUT2D eigenvalue weighted by Crippen LogP contribution is -2.14. The van der Waals surface area contributed by atoms with Gasteiger partial charge in [-0.05, 0) is 12.1 Å². The number of terminal acetylenes is 1. The van der Waals surface area contributed by atoms with Crippen molar-refractivity contribution in [3.8, 4) is 18.2 Å². The molecule has 0 bridgehead atoms. The number of nitrogens with two attached hydrogens (primary N) is 1. The molecule has 1 rings (SSSR count). The molecule has 78 valence electrons. The van der Waals surface area contributed by atoms with Gasteiger partial charge in [-0.25, -0.2) is 4.98 Å². The van der Waals surface area contributed by atoms with Crippen molar-refractivity contribution in [3.63, 3.8) is 0 Å². The lowest BCUT2D eigenvalue weighted by molar-refractivity contribution is 0.0995. The minimum Gasteiger partial charge on any atom is -0.480 e. The highest BCUT2D eigenvalue weighted by Crippen LogP contribution is 2.21. The van der Waals surface area contributed by atoms with E-state index in [1.807, 2.05) is 0 Å². The monoisotopic (exact) mass is 205 g/mol. The van der Waals surface area contributed by atoms with Gasteiger partial charge in [0.1, 0.15) is 5.69 Å². The molecule has 1 heterocycles. The van der Waals surface area contributed by atoms with Crippen LogP contribution in [0.1, 0.15) is 10.5 Å². The number of carbonyl (C=O) groups is 1. The Bertz CT molecular complexity index is 410. The Balaban J connectivity index is 2.99. The van der Waals surface area contributed by atoms with E-state index in [1.54, 1.807) is 6.07 Å². The van der Waals surface area contributed by atoms with E-state index >= 15 is 0 Å². The predicted octanol–water partition coefficient (Wildman–Crippen LogP) is 0.234. The van der Waals surface area contributed by atoms with Gasteiger partial charge in [0.25, 0.3) is 5.91 Å². The maximum absolute atomic E-state index is 10.8. The molecule has 0 aliphatic heterocycles. The Morgan fingerprint density at radius 1 is 1.73 bits per heavy atom. The minimum atomic E-state index is -0.600. The summed E-state index contributed by atoms with van der Waals surface area (Å²) < 4.78 is 4.98. The number of primary amides is 1. The van der Waals surface area contributed by atoms with Crippen molar-refractivity contribution >= 4 is 11.6 Å². The van der Waals surface area contributed by atoms with E-state index in [0.717, 1.165) is 0 Å². The van der Waals surface area contributed by atoms with Crippen molar-refractivity contribution in [1.82, 2.24) is 4.98 Å². The molecule has 0 atom stereocenters. The third-order valence-electron chi connectivity index (χ3n) is 1.69. The molecule has 1 amide bonds. The van der Waals surface area contributed by atoms with Crippen LogP contribution < -0.4 is 15.8 Å². The largest absolute Gasteiger partial charge is 0.480 e. The fourth-order valence-electron chi connectivity index (χ4n) is 1.01. The van der Waals surface area contributed by atoms with E-state index in [2.05, 4.69) is 16.2 Å². The number of ether oxygens (including phenoxy) is 1. The number of pyridine rings is 1. The Hall–Kier alpha value is -2.22. The minimum absolute atomic E-state index is 0.151. The van der Waals surface area contributed by atoms with Crippen LogP contribution in [0.15, 0.2) is 12.1 Å². The maximum atomic E-state index is 10.8. The molecular formula is C10H11N3O2. The van der Waals surface area contributed by atoms with E-state index in [0.29, 0.717) is 18.1 Å². The lowest BCUT2D eigenvalue weighted by Gasteiger charge is -2.08. The summed E-state index contributed by atoms with van der Waals surface area (Å²) in [6, 6.07) is 3.15. The Kier molecular flexibility index (Phi) is 3.52. The normalized spacial score (nSPS) is 9.07. The van der Waals surface area contributed by atoms with Gasteiger partial charge < -0.3 is 15.8 Å². The highest BCUT2D eigenvalue weighted by Gasteiger charge is 2.08. The van der Waals surface area contributed by atoms with E-state index < -0.39 is 5.91 Å². The molecule has 0 aliphatic rings. The molecule has 1 aromatic rings. The summed E-state index contributed by atoms with van der Waals surface area (Å²) >= 11 is 0. The number of carbonyl (C=O) groups excluding carboxylic acids is 1. The van der Waals surface area contributed by atoms with Gasteiger partial charge in [0, 0.05) is 0 Å². The standard InChI is InChI=1S/C10H11N3O2/c1-3-6-12-8-5-4-7(9(11)14)13-10(8)15-2/h1,4-5,12H,6H2,2H3,(H2,11,14). The van der Waals surface area contributed by atoms with E-state index in [4.69, 9.17) is 16.9 Å². The highest BCUT2D eigenvalue weighted by atomic mass is 16.5. The second-order valence-electron chi connectivity index (χ2n) is 2.68. The number of rotatable bonds is 4. The third-order valence-corrected chi connectivity index (χ3v) is 1.69. The topological polar surface area (TPSA) is 77.2 Å². The van der Waals surface area contributed by atoms with Crippen molar-refractivity contribution < 1.29 is 9.53 Å². The van der Waals surface area contributed by atoms with Crippen LogP contribution in [0.2, 0.25) is 0 Å². The van der Waals surface area contributed by atoms with Crippen LogP contribution in [0.25, 0.3) is 0 Å². The second kappa shape index (κ2) is 4.86. The molecular weight excluding hydrogens is 194 g/mol.